The summed E-state index contributed by atoms with van der Waals surface area (Å²) in [6, 6.07) is 10.9. The van der Waals surface area contributed by atoms with E-state index in [9.17, 15) is 4.79 Å². The Bertz CT molecular complexity index is 763. The van der Waals surface area contributed by atoms with Gasteiger partial charge in [0, 0.05) is 6.42 Å². The van der Waals surface area contributed by atoms with Gasteiger partial charge in [0.05, 0.1) is 37.0 Å². The Labute approximate surface area is 151 Å². The summed E-state index contributed by atoms with van der Waals surface area (Å²) in [5.74, 6) is 1.63. The molecule has 0 spiro atoms. The van der Waals surface area contributed by atoms with E-state index in [1.807, 2.05) is 31.2 Å². The van der Waals surface area contributed by atoms with Crippen molar-refractivity contribution in [1.82, 2.24) is 0 Å². The van der Waals surface area contributed by atoms with E-state index in [1.54, 1.807) is 12.1 Å². The topological polar surface area (TPSA) is 56.8 Å². The van der Waals surface area contributed by atoms with E-state index in [0.717, 1.165) is 12.0 Å². The third-order valence-electron chi connectivity index (χ3n) is 3.69. The maximum atomic E-state index is 12.4. The molecule has 1 N–H and O–H groups in total. The summed E-state index contributed by atoms with van der Waals surface area (Å²) >= 11 is 6.27. The van der Waals surface area contributed by atoms with Crippen LogP contribution in [0, 0.1) is 0 Å². The molecule has 6 heteroatoms. The van der Waals surface area contributed by atoms with Gasteiger partial charge < -0.3 is 19.5 Å². The van der Waals surface area contributed by atoms with Crippen LogP contribution in [0.1, 0.15) is 18.9 Å². The lowest BCUT2D eigenvalue weighted by atomic mass is 10.1. The molecule has 1 aliphatic rings. The van der Waals surface area contributed by atoms with Gasteiger partial charge in [-0.2, -0.15) is 0 Å². The number of hydrogen-bond donors (Lipinski definition) is 1. The van der Waals surface area contributed by atoms with Crippen LogP contribution in [-0.2, 0) is 11.2 Å². The van der Waals surface area contributed by atoms with Gasteiger partial charge in [0.15, 0.2) is 11.5 Å². The molecule has 3 rings (SSSR count). The van der Waals surface area contributed by atoms with E-state index < -0.39 is 0 Å². The van der Waals surface area contributed by atoms with Crippen molar-refractivity contribution in [1.29, 1.82) is 0 Å². The minimum Gasteiger partial charge on any atom is -0.492 e. The molecule has 132 valence electrons. The Balaban J connectivity index is 1.73. The molecular formula is C19H20ClNO4. The number of anilines is 1. The van der Waals surface area contributed by atoms with Crippen molar-refractivity contribution < 1.29 is 19.0 Å². The molecule has 1 heterocycles. The molecule has 0 bridgehead atoms. The van der Waals surface area contributed by atoms with Gasteiger partial charge in [-0.1, -0.05) is 23.7 Å². The summed E-state index contributed by atoms with van der Waals surface area (Å²) in [5.41, 5.74) is 1.41. The second kappa shape index (κ2) is 8.12. The van der Waals surface area contributed by atoms with Crippen molar-refractivity contribution in [3.63, 3.8) is 0 Å². The Hall–Kier alpha value is -2.40. The van der Waals surface area contributed by atoms with Crippen LogP contribution >= 0.6 is 11.6 Å². The van der Waals surface area contributed by atoms with E-state index in [4.69, 9.17) is 25.8 Å². The van der Waals surface area contributed by atoms with Crippen LogP contribution in [0.2, 0.25) is 5.02 Å². The maximum Gasteiger partial charge on any atom is 0.228 e. The molecule has 5 nitrogen and oxygen atoms in total. The standard InChI is InChI=1S/C19H20ClNO4/c1-2-23-16-7-4-3-6-15(16)21-18(22)12-13-10-14(20)19-17(11-13)24-8-5-9-25-19/h3-4,6-7,10-11H,2,5,8-9,12H2,1H3,(H,21,22). The number of benzene rings is 2. The first-order valence-electron chi connectivity index (χ1n) is 8.27. The van der Waals surface area contributed by atoms with Gasteiger partial charge in [-0.15, -0.1) is 0 Å². The molecule has 2 aromatic carbocycles. The third-order valence-corrected chi connectivity index (χ3v) is 3.97. The summed E-state index contributed by atoms with van der Waals surface area (Å²) < 4.78 is 16.8. The van der Waals surface area contributed by atoms with Crippen LogP contribution in [-0.4, -0.2) is 25.7 Å². The summed E-state index contributed by atoms with van der Waals surface area (Å²) in [7, 11) is 0. The number of halogens is 1. The predicted molar refractivity (Wildman–Crippen MR) is 97.0 cm³/mol. The monoisotopic (exact) mass is 361 g/mol. The molecule has 0 aliphatic carbocycles. The summed E-state index contributed by atoms with van der Waals surface area (Å²) in [6.45, 7) is 3.57. The van der Waals surface area contributed by atoms with Crippen LogP contribution in [0.25, 0.3) is 0 Å². The van der Waals surface area contributed by atoms with Gasteiger partial charge in [0.25, 0.3) is 0 Å². The van der Waals surface area contributed by atoms with E-state index in [1.165, 1.54) is 0 Å². The Kier molecular flexibility index (Phi) is 5.66. The van der Waals surface area contributed by atoms with E-state index >= 15 is 0 Å². The number of nitrogens with one attached hydrogen (secondary N) is 1. The molecule has 0 radical (unpaired) electrons. The molecular weight excluding hydrogens is 342 g/mol. The van der Waals surface area contributed by atoms with Crippen molar-refractivity contribution in [3.05, 3.63) is 47.0 Å². The Morgan fingerprint density at radius 2 is 2.04 bits per heavy atom. The Morgan fingerprint density at radius 1 is 1.24 bits per heavy atom. The summed E-state index contributed by atoms with van der Waals surface area (Å²) in [5, 5.41) is 3.33. The molecule has 25 heavy (non-hydrogen) atoms. The second-order valence-corrected chi connectivity index (χ2v) is 6.02. The fourth-order valence-electron chi connectivity index (χ4n) is 2.62. The molecule has 0 saturated carbocycles. The highest BCUT2D eigenvalue weighted by Crippen LogP contribution is 2.38. The first-order chi connectivity index (χ1) is 12.2. The predicted octanol–water partition coefficient (Wildman–Crippen LogP) is 4.08. The van der Waals surface area contributed by atoms with E-state index in [2.05, 4.69) is 5.32 Å². The van der Waals surface area contributed by atoms with Crippen LogP contribution in [0.5, 0.6) is 17.2 Å². The van der Waals surface area contributed by atoms with Gasteiger partial charge in [-0.25, -0.2) is 0 Å². The number of fused-ring (bicyclic) bond motifs is 1. The zero-order valence-electron chi connectivity index (χ0n) is 14.0. The zero-order chi connectivity index (χ0) is 17.6. The maximum absolute atomic E-state index is 12.4. The quantitative estimate of drug-likeness (QED) is 0.871. The van der Waals surface area contributed by atoms with Gasteiger partial charge in [0.1, 0.15) is 5.75 Å². The molecule has 0 unspecified atom stereocenters. The van der Waals surface area contributed by atoms with Crippen molar-refractivity contribution in [3.8, 4) is 17.2 Å². The van der Waals surface area contributed by atoms with Crippen molar-refractivity contribution in [2.45, 2.75) is 19.8 Å². The number of rotatable bonds is 5. The van der Waals surface area contributed by atoms with E-state index in [-0.39, 0.29) is 12.3 Å². The number of carbonyl (C=O) groups is 1. The molecule has 0 atom stereocenters. The average Bonchev–Trinajstić information content (AvgIpc) is 2.82. The van der Waals surface area contributed by atoms with Crippen molar-refractivity contribution in [2.24, 2.45) is 0 Å². The lowest BCUT2D eigenvalue weighted by molar-refractivity contribution is -0.115. The molecule has 1 aliphatic heterocycles. The SMILES string of the molecule is CCOc1ccccc1NC(=O)Cc1cc(Cl)c2c(c1)OCCCO2. The van der Waals surface area contributed by atoms with Gasteiger partial charge in [-0.05, 0) is 36.8 Å². The summed E-state index contributed by atoms with van der Waals surface area (Å²) in [4.78, 5) is 12.4. The molecule has 0 aromatic heterocycles. The van der Waals surface area contributed by atoms with Gasteiger partial charge in [-0.3, -0.25) is 4.79 Å². The molecule has 2 aromatic rings. The number of hydrogen-bond acceptors (Lipinski definition) is 4. The lowest BCUT2D eigenvalue weighted by Crippen LogP contribution is -2.15. The minimum atomic E-state index is -0.155. The zero-order valence-corrected chi connectivity index (χ0v) is 14.8. The number of para-hydroxylation sites is 2. The summed E-state index contributed by atoms with van der Waals surface area (Å²) in [6.07, 6.45) is 0.978. The van der Waals surface area contributed by atoms with Crippen molar-refractivity contribution in [2.75, 3.05) is 25.1 Å². The van der Waals surface area contributed by atoms with Crippen LogP contribution < -0.4 is 19.5 Å². The Morgan fingerprint density at radius 3 is 2.88 bits per heavy atom. The normalized spacial score (nSPS) is 13.0. The lowest BCUT2D eigenvalue weighted by Gasteiger charge is -2.13. The highest BCUT2D eigenvalue weighted by molar-refractivity contribution is 6.32. The van der Waals surface area contributed by atoms with Crippen molar-refractivity contribution >= 4 is 23.2 Å². The first kappa shape index (κ1) is 17.4. The highest BCUT2D eigenvalue weighted by Gasteiger charge is 2.17. The number of ether oxygens (including phenoxy) is 3. The van der Waals surface area contributed by atoms with E-state index in [0.29, 0.717) is 47.8 Å². The second-order valence-electron chi connectivity index (χ2n) is 5.61. The largest absolute Gasteiger partial charge is 0.492 e. The number of carbonyl (C=O) groups excluding carboxylic acids is 1. The van der Waals surface area contributed by atoms with Crippen LogP contribution in [0.4, 0.5) is 5.69 Å². The minimum absolute atomic E-state index is 0.155. The van der Waals surface area contributed by atoms with Crippen LogP contribution in [0.3, 0.4) is 0 Å². The molecule has 0 fully saturated rings. The number of amides is 1. The fourth-order valence-corrected chi connectivity index (χ4v) is 2.91. The highest BCUT2D eigenvalue weighted by atomic mass is 35.5. The fraction of sp³-hybridized carbons (Fsp3) is 0.316. The first-order valence-corrected chi connectivity index (χ1v) is 8.65. The smallest absolute Gasteiger partial charge is 0.228 e. The average molecular weight is 362 g/mol. The molecule has 1 amide bonds. The third kappa shape index (κ3) is 4.37. The van der Waals surface area contributed by atoms with Gasteiger partial charge in [0.2, 0.25) is 5.91 Å². The molecule has 0 saturated heterocycles. The van der Waals surface area contributed by atoms with Gasteiger partial charge >= 0.3 is 0 Å². The van der Waals surface area contributed by atoms with Crippen LogP contribution in [0.15, 0.2) is 36.4 Å².